The Balaban J connectivity index is 2.09. The molecule has 2 N–H and O–H groups in total. The summed E-state index contributed by atoms with van der Waals surface area (Å²) in [6.45, 7) is 0.392. The van der Waals surface area contributed by atoms with Crippen LogP contribution in [0.15, 0.2) is 34.1 Å². The third kappa shape index (κ3) is 2.88. The first kappa shape index (κ1) is 13.0. The van der Waals surface area contributed by atoms with Gasteiger partial charge in [0.2, 0.25) is 0 Å². The average Bonchev–Trinajstić information content (AvgIpc) is 2.79. The smallest absolute Gasteiger partial charge is 0.346 e. The maximum atomic E-state index is 13.0. The van der Waals surface area contributed by atoms with E-state index in [0.29, 0.717) is 21.5 Å². The lowest BCUT2D eigenvalue weighted by Crippen LogP contribution is -2.04. The molecule has 1 aromatic carbocycles. The quantitative estimate of drug-likeness (QED) is 0.892. The highest BCUT2D eigenvalue weighted by Gasteiger charge is 2.11. The summed E-state index contributed by atoms with van der Waals surface area (Å²) in [4.78, 5) is 11.2. The van der Waals surface area contributed by atoms with Crippen LogP contribution < -0.4 is 5.32 Å². The average molecular weight is 330 g/mol. The zero-order chi connectivity index (χ0) is 13.1. The van der Waals surface area contributed by atoms with E-state index in [9.17, 15) is 9.18 Å². The highest BCUT2D eigenvalue weighted by molar-refractivity contribution is 9.10. The summed E-state index contributed by atoms with van der Waals surface area (Å²) in [5.74, 6) is -1.26. The zero-order valence-electron chi connectivity index (χ0n) is 9.11. The first-order chi connectivity index (χ1) is 8.58. The zero-order valence-corrected chi connectivity index (χ0v) is 11.5. The highest BCUT2D eigenvalue weighted by atomic mass is 79.9. The van der Waals surface area contributed by atoms with Crippen LogP contribution in [0, 0.1) is 5.82 Å². The van der Waals surface area contributed by atoms with Gasteiger partial charge in [0, 0.05) is 12.2 Å². The molecular weight excluding hydrogens is 321 g/mol. The predicted molar refractivity (Wildman–Crippen MR) is 72.7 cm³/mol. The number of carboxylic acid groups (broad SMARTS) is 1. The maximum absolute atomic E-state index is 13.0. The number of aromatic carboxylic acids is 1. The minimum Gasteiger partial charge on any atom is -0.477 e. The van der Waals surface area contributed by atoms with E-state index in [4.69, 9.17) is 5.11 Å². The summed E-state index contributed by atoms with van der Waals surface area (Å²) < 4.78 is 13.4. The molecule has 0 spiro atoms. The molecule has 0 bridgehead atoms. The van der Waals surface area contributed by atoms with Crippen molar-refractivity contribution in [3.05, 3.63) is 50.4 Å². The van der Waals surface area contributed by atoms with Gasteiger partial charge in [0.1, 0.15) is 10.7 Å². The number of anilines is 1. The molecule has 1 heterocycles. The van der Waals surface area contributed by atoms with Crippen molar-refractivity contribution in [1.29, 1.82) is 0 Å². The number of halogens is 2. The second-order valence-corrected chi connectivity index (χ2v) is 5.33. The van der Waals surface area contributed by atoms with E-state index >= 15 is 0 Å². The van der Waals surface area contributed by atoms with Crippen molar-refractivity contribution in [2.24, 2.45) is 0 Å². The molecule has 1 aromatic heterocycles. The van der Waals surface area contributed by atoms with Crippen LogP contribution in [0.3, 0.4) is 0 Å². The van der Waals surface area contributed by atoms with Crippen LogP contribution in [0.1, 0.15) is 15.2 Å². The van der Waals surface area contributed by atoms with Crippen molar-refractivity contribution in [1.82, 2.24) is 0 Å². The van der Waals surface area contributed by atoms with Crippen molar-refractivity contribution in [3.63, 3.8) is 0 Å². The molecule has 3 nitrogen and oxygen atoms in total. The molecule has 0 aliphatic rings. The lowest BCUT2D eigenvalue weighted by atomic mass is 10.2. The van der Waals surface area contributed by atoms with Crippen LogP contribution in [-0.2, 0) is 6.54 Å². The molecular formula is C12H9BrFNO2S. The molecule has 0 amide bonds. The van der Waals surface area contributed by atoms with Gasteiger partial charge in [-0.25, -0.2) is 9.18 Å². The van der Waals surface area contributed by atoms with Crippen LogP contribution in [-0.4, -0.2) is 11.1 Å². The molecule has 0 aliphatic carbocycles. The van der Waals surface area contributed by atoms with Gasteiger partial charge in [-0.05, 0) is 51.1 Å². The Labute approximate surface area is 115 Å². The number of hydrogen-bond donors (Lipinski definition) is 2. The summed E-state index contributed by atoms with van der Waals surface area (Å²) in [7, 11) is 0. The predicted octanol–water partition coefficient (Wildman–Crippen LogP) is 3.96. The van der Waals surface area contributed by atoms with Gasteiger partial charge in [0.25, 0.3) is 0 Å². The van der Waals surface area contributed by atoms with Gasteiger partial charge in [0.05, 0.1) is 4.47 Å². The number of benzene rings is 1. The molecule has 0 aliphatic heterocycles. The van der Waals surface area contributed by atoms with Crippen LogP contribution in [0.4, 0.5) is 10.1 Å². The maximum Gasteiger partial charge on any atom is 0.346 e. The molecule has 0 saturated carbocycles. The topological polar surface area (TPSA) is 49.3 Å². The first-order valence-electron chi connectivity index (χ1n) is 5.06. The van der Waals surface area contributed by atoms with Crippen molar-refractivity contribution >= 4 is 38.9 Å². The highest BCUT2D eigenvalue weighted by Crippen LogP contribution is 2.22. The van der Waals surface area contributed by atoms with E-state index in [1.165, 1.54) is 17.4 Å². The monoisotopic (exact) mass is 329 g/mol. The molecule has 0 fully saturated rings. The van der Waals surface area contributed by atoms with Gasteiger partial charge >= 0.3 is 5.97 Å². The molecule has 2 aromatic rings. The molecule has 0 unspecified atom stereocenters. The fourth-order valence-electron chi connectivity index (χ4n) is 1.47. The second-order valence-electron chi connectivity index (χ2n) is 3.56. The van der Waals surface area contributed by atoms with E-state index in [2.05, 4.69) is 21.2 Å². The van der Waals surface area contributed by atoms with E-state index < -0.39 is 5.97 Å². The summed E-state index contributed by atoms with van der Waals surface area (Å²) >= 11 is 4.29. The number of thiophene rings is 1. The number of carboxylic acids is 1. The van der Waals surface area contributed by atoms with Crippen molar-refractivity contribution < 1.29 is 14.3 Å². The fourth-order valence-corrected chi connectivity index (χ4v) is 2.61. The summed E-state index contributed by atoms with van der Waals surface area (Å²) in [5.41, 5.74) is 1.44. The first-order valence-corrected chi connectivity index (χ1v) is 6.74. The Morgan fingerprint density at radius 1 is 1.44 bits per heavy atom. The van der Waals surface area contributed by atoms with Crippen molar-refractivity contribution in [2.45, 2.75) is 6.54 Å². The van der Waals surface area contributed by atoms with E-state index in [-0.39, 0.29) is 5.82 Å². The lowest BCUT2D eigenvalue weighted by Gasteiger charge is -2.07. The standard InChI is InChI=1S/C12H9BrFNO2S/c13-9-5-8(1-2-10(9)14)15-6-7-3-4-18-11(7)12(16)17/h1-5,15H,6H2,(H,16,17). The third-order valence-electron chi connectivity index (χ3n) is 2.34. The van der Waals surface area contributed by atoms with Gasteiger partial charge in [-0.3, -0.25) is 0 Å². The van der Waals surface area contributed by atoms with Crippen molar-refractivity contribution in [3.8, 4) is 0 Å². The van der Waals surface area contributed by atoms with E-state index in [1.807, 2.05) is 0 Å². The van der Waals surface area contributed by atoms with Gasteiger partial charge < -0.3 is 10.4 Å². The molecule has 0 atom stereocenters. The minimum absolute atomic E-state index is 0.323. The Kier molecular flexibility index (Phi) is 3.98. The van der Waals surface area contributed by atoms with Crippen LogP contribution in [0.2, 0.25) is 0 Å². The molecule has 0 saturated heterocycles. The van der Waals surface area contributed by atoms with Crippen LogP contribution in [0.25, 0.3) is 0 Å². The normalized spacial score (nSPS) is 10.3. The molecule has 6 heteroatoms. The van der Waals surface area contributed by atoms with Gasteiger partial charge in [0.15, 0.2) is 0 Å². The number of carbonyl (C=O) groups is 1. The fraction of sp³-hybridized carbons (Fsp3) is 0.0833. The van der Waals surface area contributed by atoms with Crippen molar-refractivity contribution in [2.75, 3.05) is 5.32 Å². The third-order valence-corrected chi connectivity index (χ3v) is 3.90. The molecule has 18 heavy (non-hydrogen) atoms. The summed E-state index contributed by atoms with van der Waals surface area (Å²) in [6, 6.07) is 6.33. The van der Waals surface area contributed by atoms with Crippen LogP contribution >= 0.6 is 27.3 Å². The number of rotatable bonds is 4. The van der Waals surface area contributed by atoms with Gasteiger partial charge in [-0.15, -0.1) is 11.3 Å². The lowest BCUT2D eigenvalue weighted by molar-refractivity contribution is 0.0701. The molecule has 94 valence electrons. The van der Waals surface area contributed by atoms with Crippen LogP contribution in [0.5, 0.6) is 0 Å². The molecule has 0 radical (unpaired) electrons. The van der Waals surface area contributed by atoms with Gasteiger partial charge in [-0.1, -0.05) is 0 Å². The summed E-state index contributed by atoms with van der Waals surface area (Å²) in [6.07, 6.45) is 0. The Morgan fingerprint density at radius 3 is 2.89 bits per heavy atom. The largest absolute Gasteiger partial charge is 0.477 e. The molecule has 2 rings (SSSR count). The SMILES string of the molecule is O=C(O)c1sccc1CNc1ccc(F)c(Br)c1. The Bertz CT molecular complexity index is 585. The minimum atomic E-state index is -0.929. The Hall–Kier alpha value is -1.40. The second kappa shape index (κ2) is 5.49. The van der Waals surface area contributed by atoms with Gasteiger partial charge in [-0.2, -0.15) is 0 Å². The number of nitrogens with one attached hydrogen (secondary N) is 1. The summed E-state index contributed by atoms with van der Waals surface area (Å²) in [5, 5.41) is 13.8. The Morgan fingerprint density at radius 2 is 2.22 bits per heavy atom. The van der Waals surface area contributed by atoms with E-state index in [1.54, 1.807) is 23.6 Å². The number of hydrogen-bond acceptors (Lipinski definition) is 3. The van der Waals surface area contributed by atoms with E-state index in [0.717, 1.165) is 5.69 Å².